The third-order valence-corrected chi connectivity index (χ3v) is 8.80. The molecule has 0 fully saturated rings. The second kappa shape index (κ2) is 11.3. The third kappa shape index (κ3) is 4.44. The Morgan fingerprint density at radius 1 is 0.638 bits per heavy atom. The Morgan fingerprint density at radius 3 is 2.13 bits per heavy atom. The van der Waals surface area contributed by atoms with Gasteiger partial charge in [-0.1, -0.05) is 112 Å². The minimum absolute atomic E-state index is 0. The maximum absolute atomic E-state index is 7.54. The molecule has 4 heteroatoms. The maximum Gasteiger partial charge on any atom is 0.0451 e. The summed E-state index contributed by atoms with van der Waals surface area (Å²) in [5.74, 6) is 0. The summed E-state index contributed by atoms with van der Waals surface area (Å²) in [7, 11) is 0. The predicted molar refractivity (Wildman–Crippen MR) is 193 cm³/mol. The number of hydrogen-bond donors (Lipinski definition) is 0. The number of para-hydroxylation sites is 2. The summed E-state index contributed by atoms with van der Waals surface area (Å²) in [6, 6.07) is 42.3. The summed E-state index contributed by atoms with van der Waals surface area (Å²) in [6.45, 7) is -7.47. The molecule has 10 rings (SSSR count). The number of fused-ring (bicyclic) bond motifs is 13. The molecule has 0 amide bonds. The summed E-state index contributed by atoms with van der Waals surface area (Å²) in [4.78, 5) is 8.84. The van der Waals surface area contributed by atoms with Crippen molar-refractivity contribution in [1.29, 1.82) is 0 Å². The van der Waals surface area contributed by atoms with Gasteiger partial charge in [0.15, 0.2) is 0 Å². The molecule has 0 aliphatic heterocycles. The van der Waals surface area contributed by atoms with Crippen molar-refractivity contribution >= 4 is 70.5 Å². The molecule has 4 aromatic heterocycles. The van der Waals surface area contributed by atoms with Gasteiger partial charge >= 0.3 is 0 Å². The molecule has 0 aliphatic carbocycles. The van der Waals surface area contributed by atoms with Gasteiger partial charge in [-0.15, -0.1) is 41.5 Å². The second-order valence-corrected chi connectivity index (χ2v) is 11.4. The molecule has 47 heavy (non-hydrogen) atoms. The molecule has 0 saturated heterocycles. The molecular weight excluding hydrogens is 751 g/mol. The fourth-order valence-electron chi connectivity index (χ4n) is 6.82. The van der Waals surface area contributed by atoms with Gasteiger partial charge in [-0.2, -0.15) is 0 Å². The first-order valence-electron chi connectivity index (χ1n) is 19.4. The van der Waals surface area contributed by atoms with Crippen LogP contribution in [-0.2, 0) is 20.1 Å². The van der Waals surface area contributed by atoms with E-state index in [1.54, 1.807) is 0 Å². The van der Waals surface area contributed by atoms with Gasteiger partial charge in [-0.3, -0.25) is 4.98 Å². The SMILES string of the molecule is [2H]C([2H])([2H])c1c[c-]c(-c2cc(C([2H])([2H])[2H])c(C([2H])([2H])[2H])cn2)cc1.[Ir].[c-]1c2c3ncccc3c3ccccc3c2c2c3ccccc3n3c4ccccc4c1c23. The van der Waals surface area contributed by atoms with E-state index in [0.717, 1.165) is 17.1 Å². The quantitative estimate of drug-likeness (QED) is 0.123. The van der Waals surface area contributed by atoms with Crippen molar-refractivity contribution in [2.75, 3.05) is 0 Å². The Kier molecular flexibility index (Phi) is 5.01. The van der Waals surface area contributed by atoms with Crippen LogP contribution in [0.25, 0.3) is 81.8 Å². The third-order valence-electron chi connectivity index (χ3n) is 8.80. The van der Waals surface area contributed by atoms with Gasteiger partial charge in [-0.05, 0) is 70.2 Å². The van der Waals surface area contributed by atoms with Crippen molar-refractivity contribution in [2.24, 2.45) is 0 Å². The zero-order valence-electron chi connectivity index (χ0n) is 33.7. The molecule has 0 spiro atoms. The zero-order valence-corrected chi connectivity index (χ0v) is 27.1. The minimum atomic E-state index is -2.61. The van der Waals surface area contributed by atoms with Crippen LogP contribution in [0.2, 0.25) is 0 Å². The number of hydrogen-bond acceptors (Lipinski definition) is 2. The smallest absolute Gasteiger partial charge is 0.0451 e. The number of benzene rings is 6. The summed E-state index contributed by atoms with van der Waals surface area (Å²) in [5, 5.41) is 11.1. The summed E-state index contributed by atoms with van der Waals surface area (Å²) in [6.07, 6.45) is 2.92. The molecule has 4 heterocycles. The van der Waals surface area contributed by atoms with Crippen LogP contribution in [-0.4, -0.2) is 14.4 Å². The molecule has 1 radical (unpaired) electrons. The molecule has 0 saturated carbocycles. The van der Waals surface area contributed by atoms with Crippen LogP contribution in [0.5, 0.6) is 0 Å². The van der Waals surface area contributed by atoms with Gasteiger partial charge in [0.2, 0.25) is 0 Å². The van der Waals surface area contributed by atoms with Gasteiger partial charge in [0.05, 0.1) is 0 Å². The molecular formula is C43H29IrN3-2. The normalized spacial score (nSPS) is 15.2. The maximum atomic E-state index is 7.54. The standard InChI is InChI=1S/C29H15N2.C14H14N.Ir/c1-2-10-19-17(8-1)20-12-7-15-30-28(20)23-16-22-18-9-3-5-13-24(18)31-25-14-6-4-11-21(25)27(26(19)23)29(22)31;1-10-4-6-13(7-5-10)14-8-11(2)12(3)9-15-14;/h1-15H;4-6,8-9H,1-3H3;/q2*-1;/i;1D3,2D3,3D3;. The Hall–Kier alpha value is -5.15. The van der Waals surface area contributed by atoms with Crippen LogP contribution in [0.1, 0.15) is 29.0 Å². The topological polar surface area (TPSA) is 30.2 Å². The zero-order chi connectivity index (χ0) is 38.4. The van der Waals surface area contributed by atoms with E-state index in [9.17, 15) is 0 Å². The summed E-state index contributed by atoms with van der Waals surface area (Å²) < 4.78 is 69.3. The fraction of sp³-hybridized carbons (Fsp3) is 0.0698. The van der Waals surface area contributed by atoms with Gasteiger partial charge in [0, 0.05) is 61.4 Å². The first-order chi connectivity index (χ1) is 26.2. The van der Waals surface area contributed by atoms with E-state index in [1.807, 2.05) is 12.3 Å². The van der Waals surface area contributed by atoms with Crippen molar-refractivity contribution in [1.82, 2.24) is 14.4 Å². The molecule has 0 aliphatic rings. The van der Waals surface area contributed by atoms with E-state index in [0.29, 0.717) is 5.56 Å². The van der Waals surface area contributed by atoms with E-state index in [1.165, 1.54) is 83.9 Å². The van der Waals surface area contributed by atoms with E-state index < -0.39 is 20.6 Å². The Balaban J connectivity index is 0.000000161. The van der Waals surface area contributed by atoms with E-state index >= 15 is 0 Å². The number of rotatable bonds is 1. The van der Waals surface area contributed by atoms with E-state index in [2.05, 4.69) is 100 Å². The Morgan fingerprint density at radius 2 is 1.36 bits per heavy atom. The van der Waals surface area contributed by atoms with Gasteiger partial charge in [0.1, 0.15) is 0 Å². The number of aryl methyl sites for hydroxylation is 3. The van der Waals surface area contributed by atoms with Crippen LogP contribution >= 0.6 is 0 Å². The monoisotopic (exact) mass is 789 g/mol. The van der Waals surface area contributed by atoms with Crippen LogP contribution in [0.4, 0.5) is 0 Å². The largest absolute Gasteiger partial charge is 0.348 e. The van der Waals surface area contributed by atoms with Crippen LogP contribution in [0, 0.1) is 32.7 Å². The Labute approximate surface area is 298 Å². The summed E-state index contributed by atoms with van der Waals surface area (Å²) in [5.41, 5.74) is 4.82. The van der Waals surface area contributed by atoms with Crippen LogP contribution < -0.4 is 0 Å². The molecule has 0 atom stereocenters. The van der Waals surface area contributed by atoms with Gasteiger partial charge in [-0.25, -0.2) is 0 Å². The molecule has 0 unspecified atom stereocenters. The van der Waals surface area contributed by atoms with Crippen LogP contribution in [0.3, 0.4) is 0 Å². The van der Waals surface area contributed by atoms with E-state index in [-0.39, 0.29) is 42.5 Å². The first-order valence-corrected chi connectivity index (χ1v) is 14.9. The van der Waals surface area contributed by atoms with Gasteiger partial charge < -0.3 is 9.38 Å². The van der Waals surface area contributed by atoms with Crippen molar-refractivity contribution in [2.45, 2.75) is 20.6 Å². The fourth-order valence-corrected chi connectivity index (χ4v) is 6.82. The molecule has 10 aromatic rings. The minimum Gasteiger partial charge on any atom is -0.348 e. The Bertz CT molecular complexity index is 3110. The van der Waals surface area contributed by atoms with Gasteiger partial charge in [0.25, 0.3) is 0 Å². The molecule has 227 valence electrons. The van der Waals surface area contributed by atoms with Crippen molar-refractivity contribution in [3.63, 3.8) is 0 Å². The molecule has 6 aromatic carbocycles. The second-order valence-electron chi connectivity index (χ2n) is 11.4. The van der Waals surface area contributed by atoms with Crippen molar-refractivity contribution in [3.05, 3.63) is 150 Å². The number of aromatic nitrogens is 3. The van der Waals surface area contributed by atoms with Crippen LogP contribution in [0.15, 0.2) is 122 Å². The average Bonchev–Trinajstić information content (AvgIpc) is 3.69. The van der Waals surface area contributed by atoms with Crippen molar-refractivity contribution in [3.8, 4) is 11.3 Å². The average molecular weight is 789 g/mol. The van der Waals surface area contributed by atoms with Crippen molar-refractivity contribution < 1.29 is 32.4 Å². The van der Waals surface area contributed by atoms with E-state index in [4.69, 9.17) is 17.3 Å². The number of pyridine rings is 2. The predicted octanol–water partition coefficient (Wildman–Crippen LogP) is 11.0. The number of nitrogens with zero attached hydrogens (tertiary/aromatic N) is 3. The molecule has 0 bridgehead atoms. The molecule has 3 nitrogen and oxygen atoms in total. The summed E-state index contributed by atoms with van der Waals surface area (Å²) >= 11 is 0. The molecule has 0 N–H and O–H groups in total. The first kappa shape index (κ1) is 20.9.